The van der Waals surface area contributed by atoms with Gasteiger partial charge in [0.2, 0.25) is 5.91 Å². The number of carbonyl (C=O) groups excluding carboxylic acids is 3. The van der Waals surface area contributed by atoms with Crippen molar-refractivity contribution in [1.29, 1.82) is 0 Å². The van der Waals surface area contributed by atoms with E-state index in [9.17, 15) is 24.6 Å². The van der Waals surface area contributed by atoms with Gasteiger partial charge in [0, 0.05) is 40.0 Å². The Morgan fingerprint density at radius 1 is 1.25 bits per heavy atom. The fourth-order valence-corrected chi connectivity index (χ4v) is 6.94. The van der Waals surface area contributed by atoms with E-state index in [0.29, 0.717) is 35.1 Å². The van der Waals surface area contributed by atoms with Crippen molar-refractivity contribution in [3.63, 3.8) is 0 Å². The molecule has 13 nitrogen and oxygen atoms in total. The molecule has 0 radical (unpaired) electrons. The standard InChI is InChI=1S/C36H54ClN3O10S/c1-10-28(49-33(43)23(4)40(7)30(42)14-15-51)35(5)32(50-35)22(3)27-19-36(45,38-34(44)48-27)29(47-9)13-11-12-21(2)16-24-17-25(39(6)20-41)31(37)26(18-24)46-8/h11-13,17-18,22-23,27-29,32,41,45,51H,10,14-16,19-20H2,1-9H3,(H,38,44)/b13-11+,21-12+. The Balaban J connectivity index is 1.70. The Morgan fingerprint density at radius 3 is 2.53 bits per heavy atom. The number of aliphatic hydroxyl groups is 2. The number of alkyl carbamates (subject to hydrolysis) is 1. The minimum Gasteiger partial charge on any atom is -0.495 e. The normalized spacial score (nSPS) is 25.7. The smallest absolute Gasteiger partial charge is 0.409 e. The van der Waals surface area contributed by atoms with Crippen molar-refractivity contribution in [2.24, 2.45) is 5.92 Å². The molecule has 2 aliphatic rings. The number of halogens is 1. The van der Waals surface area contributed by atoms with Crippen LogP contribution in [0.4, 0.5) is 10.5 Å². The number of aliphatic hydroxyl groups excluding tert-OH is 1. The molecule has 1 aromatic carbocycles. The molecular formula is C36H54ClN3O10S. The van der Waals surface area contributed by atoms with E-state index in [-0.39, 0.29) is 31.4 Å². The third kappa shape index (κ3) is 10.1. The molecule has 0 saturated carbocycles. The minimum atomic E-state index is -1.80. The number of epoxide rings is 1. The molecule has 3 N–H and O–H groups in total. The van der Waals surface area contributed by atoms with Gasteiger partial charge in [0.1, 0.15) is 47.5 Å². The second kappa shape index (κ2) is 18.2. The van der Waals surface area contributed by atoms with Crippen LogP contribution in [0.25, 0.3) is 0 Å². The summed E-state index contributed by atoms with van der Waals surface area (Å²) in [5.74, 6) is -0.275. The number of thiol groups is 1. The van der Waals surface area contributed by atoms with Crippen molar-refractivity contribution in [3.05, 3.63) is 46.5 Å². The molecule has 0 aromatic heterocycles. The topological polar surface area (TPSA) is 160 Å². The maximum atomic E-state index is 13.0. The number of nitrogens with zero attached hydrogens (tertiary/aromatic N) is 2. The van der Waals surface area contributed by atoms with Crippen molar-refractivity contribution in [3.8, 4) is 5.75 Å². The Kier molecular flexibility index (Phi) is 15.1. The SMILES string of the molecule is CCC(OC(=O)C(C)N(C)C(=O)CCS)C1(C)OC1C(C)C1CC(O)(C(/C=C/C=C(\C)Cc2cc(OC)c(Cl)c(N(C)CO)c2)OC)NC(=O)O1. The molecule has 0 spiro atoms. The van der Waals surface area contributed by atoms with E-state index in [4.69, 9.17) is 35.3 Å². The van der Waals surface area contributed by atoms with Crippen molar-refractivity contribution in [2.75, 3.05) is 45.7 Å². The quantitative estimate of drug-likeness (QED) is 0.0558. The van der Waals surface area contributed by atoms with Crippen LogP contribution in [0.15, 0.2) is 35.9 Å². The highest BCUT2D eigenvalue weighted by Gasteiger charge is 2.63. The molecule has 51 heavy (non-hydrogen) atoms. The molecule has 286 valence electrons. The number of anilines is 1. The van der Waals surface area contributed by atoms with Gasteiger partial charge in [0.15, 0.2) is 5.72 Å². The summed E-state index contributed by atoms with van der Waals surface area (Å²) >= 11 is 10.5. The van der Waals surface area contributed by atoms with Gasteiger partial charge in [-0.15, -0.1) is 0 Å². The number of carbonyl (C=O) groups is 3. The molecule has 2 heterocycles. The number of amides is 2. The van der Waals surface area contributed by atoms with Crippen molar-refractivity contribution in [2.45, 2.75) is 102 Å². The molecular weight excluding hydrogens is 702 g/mol. The summed E-state index contributed by atoms with van der Waals surface area (Å²) < 4.78 is 28.7. The third-order valence-electron chi connectivity index (χ3n) is 9.75. The van der Waals surface area contributed by atoms with Crippen molar-refractivity contribution in [1.82, 2.24) is 10.2 Å². The van der Waals surface area contributed by atoms with Gasteiger partial charge in [-0.2, -0.15) is 12.6 Å². The average molecular weight is 756 g/mol. The first-order valence-electron chi connectivity index (χ1n) is 17.0. The van der Waals surface area contributed by atoms with Crippen LogP contribution in [0.3, 0.4) is 0 Å². The largest absolute Gasteiger partial charge is 0.495 e. The number of nitrogens with one attached hydrogen (secondary N) is 1. The Bertz CT molecular complexity index is 1460. The first-order chi connectivity index (χ1) is 24.0. The zero-order valence-corrected chi connectivity index (χ0v) is 32.6. The fourth-order valence-electron chi connectivity index (χ4n) is 6.41. The molecule has 0 bridgehead atoms. The van der Waals surface area contributed by atoms with Gasteiger partial charge in [-0.1, -0.05) is 49.2 Å². The van der Waals surface area contributed by atoms with E-state index in [0.717, 1.165) is 11.1 Å². The lowest BCUT2D eigenvalue weighted by atomic mass is 9.84. The molecule has 8 atom stereocenters. The van der Waals surface area contributed by atoms with Gasteiger partial charge in [0.05, 0.1) is 18.9 Å². The van der Waals surface area contributed by atoms with Crippen LogP contribution in [-0.2, 0) is 35.0 Å². The maximum Gasteiger partial charge on any atom is 0.409 e. The number of ether oxygens (including phenoxy) is 5. The molecule has 8 unspecified atom stereocenters. The lowest BCUT2D eigenvalue weighted by Crippen LogP contribution is -2.63. The summed E-state index contributed by atoms with van der Waals surface area (Å²) in [6, 6.07) is 2.93. The number of methoxy groups -OCH3 is 2. The average Bonchev–Trinajstić information content (AvgIpc) is 3.79. The lowest BCUT2D eigenvalue weighted by molar-refractivity contribution is -0.161. The summed E-state index contributed by atoms with van der Waals surface area (Å²) in [5, 5.41) is 24.2. The van der Waals surface area contributed by atoms with Crippen molar-refractivity contribution < 1.29 is 48.3 Å². The van der Waals surface area contributed by atoms with Crippen LogP contribution >= 0.6 is 24.2 Å². The molecule has 2 aliphatic heterocycles. The van der Waals surface area contributed by atoms with Gasteiger partial charge in [-0.25, -0.2) is 9.59 Å². The Hall–Kier alpha value is -3.01. The summed E-state index contributed by atoms with van der Waals surface area (Å²) in [6.45, 7) is 8.92. The molecule has 2 fully saturated rings. The van der Waals surface area contributed by atoms with E-state index in [1.165, 1.54) is 19.1 Å². The van der Waals surface area contributed by atoms with Crippen LogP contribution in [0.2, 0.25) is 5.02 Å². The number of hydrogen-bond acceptors (Lipinski definition) is 12. The molecule has 1 aromatic rings. The number of esters is 1. The van der Waals surface area contributed by atoms with Gasteiger partial charge in [0.25, 0.3) is 0 Å². The summed E-state index contributed by atoms with van der Waals surface area (Å²) in [5.41, 5.74) is -0.135. The highest BCUT2D eigenvalue weighted by molar-refractivity contribution is 7.80. The minimum absolute atomic E-state index is 0.00122. The number of likely N-dealkylation sites (N-methyl/N-ethyl adjacent to an activating group) is 1. The number of allylic oxidation sites excluding steroid dienone is 3. The Morgan fingerprint density at radius 2 is 1.94 bits per heavy atom. The van der Waals surface area contributed by atoms with Crippen LogP contribution in [-0.4, -0.2) is 116 Å². The third-order valence-corrected chi connectivity index (χ3v) is 10.4. The first-order valence-corrected chi connectivity index (χ1v) is 18.0. The predicted octanol–water partition coefficient (Wildman–Crippen LogP) is 4.26. The van der Waals surface area contributed by atoms with Crippen LogP contribution in [0.1, 0.15) is 59.4 Å². The number of hydrogen-bond donors (Lipinski definition) is 4. The summed E-state index contributed by atoms with van der Waals surface area (Å²) in [4.78, 5) is 41.0. The van der Waals surface area contributed by atoms with Crippen molar-refractivity contribution >= 4 is 47.9 Å². The lowest BCUT2D eigenvalue weighted by Gasteiger charge is -2.42. The van der Waals surface area contributed by atoms with E-state index in [1.807, 2.05) is 45.9 Å². The number of cyclic esters (lactones) is 1. The summed E-state index contributed by atoms with van der Waals surface area (Å²) in [7, 11) is 6.25. The van der Waals surface area contributed by atoms with Gasteiger partial charge in [-0.05, 0) is 57.1 Å². The van der Waals surface area contributed by atoms with Crippen LogP contribution < -0.4 is 15.0 Å². The fraction of sp³-hybridized carbons (Fsp3) is 0.639. The van der Waals surface area contributed by atoms with Gasteiger partial charge < -0.3 is 43.7 Å². The van der Waals surface area contributed by atoms with E-state index >= 15 is 0 Å². The molecule has 15 heteroatoms. The van der Waals surface area contributed by atoms with Crippen LogP contribution in [0, 0.1) is 5.92 Å². The maximum absolute atomic E-state index is 13.0. The predicted molar refractivity (Wildman–Crippen MR) is 197 cm³/mol. The highest BCUT2D eigenvalue weighted by Crippen LogP contribution is 2.48. The van der Waals surface area contributed by atoms with Gasteiger partial charge >= 0.3 is 12.1 Å². The zero-order chi connectivity index (χ0) is 38.3. The number of benzene rings is 1. The highest BCUT2D eigenvalue weighted by atomic mass is 35.5. The van der Waals surface area contributed by atoms with E-state index < -0.39 is 53.8 Å². The van der Waals surface area contributed by atoms with E-state index in [2.05, 4.69) is 17.9 Å². The Labute approximate surface area is 311 Å². The molecule has 3 rings (SSSR count). The molecule has 0 aliphatic carbocycles. The first kappa shape index (κ1) is 42.4. The molecule has 2 saturated heterocycles. The van der Waals surface area contributed by atoms with Crippen LogP contribution in [0.5, 0.6) is 5.75 Å². The second-order valence-electron chi connectivity index (χ2n) is 13.5. The zero-order valence-electron chi connectivity index (χ0n) is 31.0. The summed E-state index contributed by atoms with van der Waals surface area (Å²) in [6.07, 6.45) is 2.96. The number of rotatable bonds is 18. The second-order valence-corrected chi connectivity index (χ2v) is 14.3. The molecule has 2 amide bonds. The van der Waals surface area contributed by atoms with E-state index in [1.54, 1.807) is 38.1 Å². The monoisotopic (exact) mass is 755 g/mol. The van der Waals surface area contributed by atoms with Gasteiger partial charge in [-0.3, -0.25) is 10.1 Å².